The number of hydrogen-bond donors (Lipinski definition) is 1. The van der Waals surface area contributed by atoms with E-state index in [1.807, 2.05) is 26.8 Å². The molecule has 0 aliphatic carbocycles. The first-order valence-electron chi connectivity index (χ1n) is 5.87. The molecule has 0 bridgehead atoms. The summed E-state index contributed by atoms with van der Waals surface area (Å²) in [5.74, 6) is 0.694. The third-order valence-corrected chi connectivity index (χ3v) is 2.54. The molecular weight excluding hydrogens is 232 g/mol. The molecule has 0 unspecified atom stereocenters. The molecule has 1 N–H and O–H groups in total. The number of rotatable bonds is 4. The van der Waals surface area contributed by atoms with E-state index < -0.39 is 5.97 Å². The Morgan fingerprint density at radius 3 is 2.72 bits per heavy atom. The molecule has 0 fully saturated rings. The maximum absolute atomic E-state index is 11.0. The molecule has 1 aromatic heterocycles. The maximum atomic E-state index is 11.0. The topological polar surface area (TPSA) is 59.7 Å². The van der Waals surface area contributed by atoms with Crippen molar-refractivity contribution in [3.8, 4) is 5.75 Å². The van der Waals surface area contributed by atoms with Crippen molar-refractivity contribution in [1.29, 1.82) is 0 Å². The maximum Gasteiger partial charge on any atom is 0.335 e. The number of aryl methyl sites for hydroxylation is 1. The average Bonchev–Trinajstić information content (AvgIpc) is 2.65. The van der Waals surface area contributed by atoms with Gasteiger partial charge in [-0.15, -0.1) is 0 Å². The Kier molecular flexibility index (Phi) is 3.28. The molecule has 0 saturated heterocycles. The van der Waals surface area contributed by atoms with Gasteiger partial charge in [-0.05, 0) is 31.0 Å². The summed E-state index contributed by atoms with van der Waals surface area (Å²) in [4.78, 5) is 11.0. The lowest BCUT2D eigenvalue weighted by molar-refractivity contribution is 0.0696. The summed E-state index contributed by atoms with van der Waals surface area (Å²) in [6, 6.07) is 4.92. The molecule has 0 aliphatic rings. The van der Waals surface area contributed by atoms with E-state index in [4.69, 9.17) is 14.3 Å². The van der Waals surface area contributed by atoms with Crippen molar-refractivity contribution in [1.82, 2.24) is 0 Å². The van der Waals surface area contributed by atoms with Gasteiger partial charge in [-0.2, -0.15) is 0 Å². The molecule has 2 rings (SSSR count). The Morgan fingerprint density at radius 1 is 1.39 bits per heavy atom. The molecule has 0 amide bonds. The summed E-state index contributed by atoms with van der Waals surface area (Å²) >= 11 is 0. The van der Waals surface area contributed by atoms with E-state index in [2.05, 4.69) is 0 Å². The van der Waals surface area contributed by atoms with E-state index in [-0.39, 0.29) is 5.56 Å². The zero-order valence-electron chi connectivity index (χ0n) is 10.7. The normalized spacial score (nSPS) is 11.1. The fourth-order valence-electron chi connectivity index (χ4n) is 1.73. The highest BCUT2D eigenvalue weighted by Crippen LogP contribution is 2.30. The lowest BCUT2D eigenvalue weighted by Gasteiger charge is -2.10. The van der Waals surface area contributed by atoms with Crippen LogP contribution in [0.5, 0.6) is 5.75 Å². The molecule has 4 heteroatoms. The second-order valence-electron chi connectivity index (χ2n) is 4.75. The van der Waals surface area contributed by atoms with Gasteiger partial charge in [0, 0.05) is 0 Å². The number of fused-ring (bicyclic) bond motifs is 1. The minimum atomic E-state index is -0.986. The summed E-state index contributed by atoms with van der Waals surface area (Å²) in [5.41, 5.74) is 0.724. The second-order valence-corrected chi connectivity index (χ2v) is 4.75. The Balaban J connectivity index is 2.49. The van der Waals surface area contributed by atoms with Crippen molar-refractivity contribution < 1.29 is 19.1 Å². The van der Waals surface area contributed by atoms with Crippen molar-refractivity contribution in [3.63, 3.8) is 0 Å². The van der Waals surface area contributed by atoms with Gasteiger partial charge in [-0.3, -0.25) is 0 Å². The number of carboxylic acid groups (broad SMARTS) is 1. The first-order chi connectivity index (χ1) is 8.47. The van der Waals surface area contributed by atoms with Crippen LogP contribution in [0.25, 0.3) is 11.0 Å². The molecule has 1 aromatic carbocycles. The first kappa shape index (κ1) is 12.5. The van der Waals surface area contributed by atoms with E-state index in [0.29, 0.717) is 23.9 Å². The van der Waals surface area contributed by atoms with Crippen LogP contribution in [0.4, 0.5) is 0 Å². The molecular formula is C14H16O4. The summed E-state index contributed by atoms with van der Waals surface area (Å²) in [6.45, 7) is 6.45. The van der Waals surface area contributed by atoms with Crippen LogP contribution in [0, 0.1) is 12.8 Å². The van der Waals surface area contributed by atoms with Crippen molar-refractivity contribution in [2.24, 2.45) is 5.92 Å². The lowest BCUT2D eigenvalue weighted by atomic mass is 10.1. The molecule has 2 aromatic rings. The Labute approximate surface area is 105 Å². The Bertz CT molecular complexity index is 581. The highest BCUT2D eigenvalue weighted by Gasteiger charge is 2.13. The number of carboxylic acids is 1. The summed E-state index contributed by atoms with van der Waals surface area (Å²) in [5, 5.41) is 9.87. The molecule has 0 atom stereocenters. The van der Waals surface area contributed by atoms with Crippen molar-refractivity contribution in [2.75, 3.05) is 6.61 Å². The number of furan rings is 1. The second kappa shape index (κ2) is 4.72. The fourth-order valence-corrected chi connectivity index (χ4v) is 1.73. The van der Waals surface area contributed by atoms with Crippen LogP contribution in [0.15, 0.2) is 22.6 Å². The van der Waals surface area contributed by atoms with Crippen LogP contribution in [-0.2, 0) is 0 Å². The minimum absolute atomic E-state index is 0.176. The van der Waals surface area contributed by atoms with E-state index >= 15 is 0 Å². The van der Waals surface area contributed by atoms with Crippen molar-refractivity contribution in [2.45, 2.75) is 20.8 Å². The van der Waals surface area contributed by atoms with E-state index in [1.54, 1.807) is 6.07 Å². The van der Waals surface area contributed by atoms with Crippen LogP contribution in [-0.4, -0.2) is 17.7 Å². The molecule has 1 heterocycles. The SMILES string of the molecule is Cc1cc2c(OCC(C)C)cc(C(=O)O)cc2o1. The quantitative estimate of drug-likeness (QED) is 0.899. The van der Waals surface area contributed by atoms with Crippen molar-refractivity contribution in [3.05, 3.63) is 29.5 Å². The largest absolute Gasteiger partial charge is 0.493 e. The number of hydrogen-bond acceptors (Lipinski definition) is 3. The summed E-state index contributed by atoms with van der Waals surface area (Å²) in [7, 11) is 0. The van der Waals surface area contributed by atoms with E-state index in [0.717, 1.165) is 11.1 Å². The standard InChI is InChI=1S/C14H16O4/c1-8(2)7-17-12-5-10(14(15)16)6-13-11(12)4-9(3)18-13/h4-6,8H,7H2,1-3H3,(H,15,16). The van der Waals surface area contributed by atoms with Gasteiger partial charge in [0.2, 0.25) is 0 Å². The molecule has 18 heavy (non-hydrogen) atoms. The number of carbonyl (C=O) groups is 1. The van der Waals surface area contributed by atoms with Gasteiger partial charge in [0.25, 0.3) is 0 Å². The van der Waals surface area contributed by atoms with Crippen LogP contribution >= 0.6 is 0 Å². The van der Waals surface area contributed by atoms with Gasteiger partial charge in [-0.25, -0.2) is 4.79 Å². The Morgan fingerprint density at radius 2 is 2.11 bits per heavy atom. The molecule has 96 valence electrons. The van der Waals surface area contributed by atoms with Crippen LogP contribution in [0.3, 0.4) is 0 Å². The zero-order chi connectivity index (χ0) is 13.3. The molecule has 4 nitrogen and oxygen atoms in total. The smallest absolute Gasteiger partial charge is 0.335 e. The molecule has 0 spiro atoms. The predicted octanol–water partition coefficient (Wildman–Crippen LogP) is 3.47. The number of ether oxygens (including phenoxy) is 1. The molecule has 0 radical (unpaired) electrons. The van der Waals surface area contributed by atoms with E-state index in [9.17, 15) is 4.79 Å². The molecule has 0 aliphatic heterocycles. The van der Waals surface area contributed by atoms with Gasteiger partial charge in [0.15, 0.2) is 0 Å². The van der Waals surface area contributed by atoms with Crippen LogP contribution in [0.1, 0.15) is 30.0 Å². The van der Waals surface area contributed by atoms with Gasteiger partial charge in [0.05, 0.1) is 17.6 Å². The minimum Gasteiger partial charge on any atom is -0.493 e. The Hall–Kier alpha value is -1.97. The predicted molar refractivity (Wildman–Crippen MR) is 68.2 cm³/mol. The molecule has 0 saturated carbocycles. The highest BCUT2D eigenvalue weighted by molar-refractivity contribution is 5.95. The monoisotopic (exact) mass is 248 g/mol. The summed E-state index contributed by atoms with van der Waals surface area (Å²) < 4.78 is 11.1. The van der Waals surface area contributed by atoms with E-state index in [1.165, 1.54) is 6.07 Å². The fraction of sp³-hybridized carbons (Fsp3) is 0.357. The highest BCUT2D eigenvalue weighted by atomic mass is 16.5. The van der Waals surface area contributed by atoms with Crippen LogP contribution in [0.2, 0.25) is 0 Å². The third kappa shape index (κ3) is 2.47. The van der Waals surface area contributed by atoms with Gasteiger partial charge < -0.3 is 14.3 Å². The lowest BCUT2D eigenvalue weighted by Crippen LogP contribution is -2.05. The number of aromatic carboxylic acids is 1. The average molecular weight is 248 g/mol. The summed E-state index contributed by atoms with van der Waals surface area (Å²) in [6.07, 6.45) is 0. The van der Waals surface area contributed by atoms with Gasteiger partial charge >= 0.3 is 5.97 Å². The van der Waals surface area contributed by atoms with Crippen molar-refractivity contribution >= 4 is 16.9 Å². The zero-order valence-corrected chi connectivity index (χ0v) is 10.7. The number of benzene rings is 1. The first-order valence-corrected chi connectivity index (χ1v) is 5.87. The van der Waals surface area contributed by atoms with Gasteiger partial charge in [-0.1, -0.05) is 13.8 Å². The van der Waals surface area contributed by atoms with Gasteiger partial charge in [0.1, 0.15) is 17.1 Å². The van der Waals surface area contributed by atoms with Crippen LogP contribution < -0.4 is 4.74 Å². The third-order valence-electron chi connectivity index (χ3n) is 2.54.